The molecule has 0 aliphatic carbocycles. The Morgan fingerprint density at radius 1 is 1.80 bits per heavy atom. The normalized spacial score (nSPS) is 16.4. The van der Waals surface area contributed by atoms with Crippen molar-refractivity contribution in [3.05, 3.63) is 6.92 Å². The summed E-state index contributed by atoms with van der Waals surface area (Å²) in [6.45, 7) is 5.01. The molecule has 3 heteroatoms. The van der Waals surface area contributed by atoms with Crippen LogP contribution in [0.3, 0.4) is 0 Å². The van der Waals surface area contributed by atoms with Crippen molar-refractivity contribution in [1.82, 2.24) is 0 Å². The summed E-state index contributed by atoms with van der Waals surface area (Å²) in [6, 6.07) is -0.734. The molecule has 2 atom stereocenters. The summed E-state index contributed by atoms with van der Waals surface area (Å²) in [5, 5.41) is 8.85. The molecule has 0 spiro atoms. The number of aliphatic hydroxyl groups excluding tert-OH is 1. The molecule has 0 unspecified atom stereocenters. The minimum Gasteiger partial charge on any atom is -0.391 e. The summed E-state index contributed by atoms with van der Waals surface area (Å²) < 4.78 is 0. The topological polar surface area (TPSA) is 63.3 Å². The zero-order chi connectivity index (χ0) is 8.15. The van der Waals surface area contributed by atoms with E-state index in [1.165, 1.54) is 6.92 Å². The largest absolute Gasteiger partial charge is 0.391 e. The van der Waals surface area contributed by atoms with E-state index in [0.29, 0.717) is 12.8 Å². The van der Waals surface area contributed by atoms with E-state index in [0.717, 1.165) is 0 Å². The fourth-order valence-corrected chi connectivity index (χ4v) is 0.610. The van der Waals surface area contributed by atoms with Crippen LogP contribution in [0.2, 0.25) is 0 Å². The first-order chi connectivity index (χ1) is 4.59. The van der Waals surface area contributed by atoms with Crippen molar-refractivity contribution in [2.45, 2.75) is 31.9 Å². The Kier molecular flexibility index (Phi) is 4.23. The maximum absolute atomic E-state index is 10.9. The van der Waals surface area contributed by atoms with Crippen LogP contribution < -0.4 is 5.73 Å². The van der Waals surface area contributed by atoms with Gasteiger partial charge in [0.2, 0.25) is 0 Å². The number of aliphatic hydroxyl groups is 1. The number of Topliss-reactive ketones (excluding diaryl/α,β-unsaturated/α-hetero) is 1. The zero-order valence-corrected chi connectivity index (χ0v) is 6.21. The molecule has 0 heterocycles. The third-order valence-corrected chi connectivity index (χ3v) is 1.31. The van der Waals surface area contributed by atoms with Crippen LogP contribution in [0.25, 0.3) is 0 Å². The van der Waals surface area contributed by atoms with Gasteiger partial charge >= 0.3 is 0 Å². The lowest BCUT2D eigenvalue weighted by atomic mass is 10.1. The highest BCUT2D eigenvalue weighted by Crippen LogP contribution is 1.96. The molecule has 0 aromatic heterocycles. The molecule has 0 aliphatic rings. The molecule has 10 heavy (non-hydrogen) atoms. The average molecular weight is 144 g/mol. The molecule has 0 amide bonds. The molecule has 0 aliphatic heterocycles. The van der Waals surface area contributed by atoms with Crippen LogP contribution in [0.15, 0.2) is 0 Å². The maximum atomic E-state index is 10.9. The second-order valence-corrected chi connectivity index (χ2v) is 2.34. The van der Waals surface area contributed by atoms with Crippen LogP contribution in [0.4, 0.5) is 0 Å². The lowest BCUT2D eigenvalue weighted by molar-refractivity contribution is -0.122. The van der Waals surface area contributed by atoms with Crippen LogP contribution in [-0.4, -0.2) is 23.0 Å². The third-order valence-electron chi connectivity index (χ3n) is 1.31. The van der Waals surface area contributed by atoms with E-state index in [-0.39, 0.29) is 5.78 Å². The number of hydrogen-bond acceptors (Lipinski definition) is 3. The van der Waals surface area contributed by atoms with Crippen molar-refractivity contribution in [2.75, 3.05) is 0 Å². The summed E-state index contributed by atoms with van der Waals surface area (Å²) in [5.74, 6) is -0.120. The van der Waals surface area contributed by atoms with Gasteiger partial charge in [0.05, 0.1) is 12.1 Å². The van der Waals surface area contributed by atoms with Gasteiger partial charge in [-0.1, -0.05) is 6.92 Å². The molecule has 0 aromatic rings. The van der Waals surface area contributed by atoms with Crippen LogP contribution >= 0.6 is 0 Å². The van der Waals surface area contributed by atoms with Crippen molar-refractivity contribution < 1.29 is 9.90 Å². The van der Waals surface area contributed by atoms with E-state index in [9.17, 15) is 4.79 Å². The lowest BCUT2D eigenvalue weighted by Crippen LogP contribution is -2.39. The van der Waals surface area contributed by atoms with Crippen molar-refractivity contribution in [3.8, 4) is 0 Å². The van der Waals surface area contributed by atoms with Crippen LogP contribution in [0.1, 0.15) is 19.8 Å². The zero-order valence-electron chi connectivity index (χ0n) is 6.21. The molecular weight excluding hydrogens is 130 g/mol. The number of ketones is 1. The minimum absolute atomic E-state index is 0.120. The summed E-state index contributed by atoms with van der Waals surface area (Å²) >= 11 is 0. The molecule has 3 nitrogen and oxygen atoms in total. The molecule has 3 N–H and O–H groups in total. The van der Waals surface area contributed by atoms with E-state index >= 15 is 0 Å². The number of carbonyl (C=O) groups excluding carboxylic acids is 1. The molecule has 1 radical (unpaired) electrons. The van der Waals surface area contributed by atoms with Gasteiger partial charge in [0.1, 0.15) is 0 Å². The Balaban J connectivity index is 3.71. The smallest absolute Gasteiger partial charge is 0.152 e. The van der Waals surface area contributed by atoms with Gasteiger partial charge in [-0.3, -0.25) is 4.79 Å². The van der Waals surface area contributed by atoms with E-state index in [2.05, 4.69) is 6.92 Å². The molecule has 0 aromatic carbocycles. The predicted molar refractivity (Wildman–Crippen MR) is 39.3 cm³/mol. The fraction of sp³-hybridized carbons (Fsp3) is 0.714. The quantitative estimate of drug-likeness (QED) is 0.578. The average Bonchev–Trinajstić information content (AvgIpc) is 1.87. The lowest BCUT2D eigenvalue weighted by Gasteiger charge is -2.11. The van der Waals surface area contributed by atoms with Gasteiger partial charge < -0.3 is 10.8 Å². The Labute approximate surface area is 61.2 Å². The van der Waals surface area contributed by atoms with Gasteiger partial charge in [-0.05, 0) is 13.3 Å². The first-order valence-corrected chi connectivity index (χ1v) is 3.35. The standard InChI is InChI=1S/C7H14NO2/c1-3-4-6(10)7(8)5(2)9/h5,7,9H,1,3-4,8H2,2H3/t5-,7+/m1/s1. The molecule has 0 fully saturated rings. The molecular formula is C7H14NO2. The van der Waals surface area contributed by atoms with Gasteiger partial charge in [-0.15, -0.1) is 0 Å². The van der Waals surface area contributed by atoms with Gasteiger partial charge in [0.25, 0.3) is 0 Å². The van der Waals surface area contributed by atoms with E-state index in [1.54, 1.807) is 0 Å². The number of rotatable bonds is 4. The first kappa shape index (κ1) is 9.59. The Hall–Kier alpha value is -0.410. The second-order valence-electron chi connectivity index (χ2n) is 2.34. The van der Waals surface area contributed by atoms with Crippen LogP contribution in [0, 0.1) is 6.92 Å². The summed E-state index contributed by atoms with van der Waals surface area (Å²) in [4.78, 5) is 10.9. The van der Waals surface area contributed by atoms with Crippen LogP contribution in [0.5, 0.6) is 0 Å². The fourth-order valence-electron chi connectivity index (χ4n) is 0.610. The van der Waals surface area contributed by atoms with Gasteiger partial charge in [0, 0.05) is 6.42 Å². The van der Waals surface area contributed by atoms with Crippen molar-refractivity contribution in [2.24, 2.45) is 5.73 Å². The highest BCUT2D eigenvalue weighted by atomic mass is 16.3. The molecule has 0 saturated carbocycles. The number of nitrogens with two attached hydrogens (primary N) is 1. The molecule has 0 rings (SSSR count). The first-order valence-electron chi connectivity index (χ1n) is 3.35. The van der Waals surface area contributed by atoms with Crippen LogP contribution in [-0.2, 0) is 4.79 Å². The SMILES string of the molecule is [CH2]CCC(=O)[C@@H](N)[C@@H](C)O. The summed E-state index contributed by atoms with van der Waals surface area (Å²) in [5.41, 5.74) is 5.32. The van der Waals surface area contributed by atoms with Crippen molar-refractivity contribution >= 4 is 5.78 Å². The second kappa shape index (κ2) is 4.41. The summed E-state index contributed by atoms with van der Waals surface area (Å²) in [7, 11) is 0. The Bertz CT molecular complexity index is 112. The van der Waals surface area contributed by atoms with Crippen molar-refractivity contribution in [1.29, 1.82) is 0 Å². The van der Waals surface area contributed by atoms with Crippen molar-refractivity contribution in [3.63, 3.8) is 0 Å². The third kappa shape index (κ3) is 2.94. The summed E-state index contributed by atoms with van der Waals surface area (Å²) in [6.07, 6.45) is 0.143. The maximum Gasteiger partial charge on any atom is 0.152 e. The monoisotopic (exact) mass is 144 g/mol. The highest BCUT2D eigenvalue weighted by molar-refractivity contribution is 5.84. The predicted octanol–water partition coefficient (Wildman–Crippen LogP) is -0.122. The highest BCUT2D eigenvalue weighted by Gasteiger charge is 2.16. The van der Waals surface area contributed by atoms with Gasteiger partial charge in [0.15, 0.2) is 5.78 Å². The number of hydrogen-bond donors (Lipinski definition) is 2. The Morgan fingerprint density at radius 2 is 2.30 bits per heavy atom. The number of carbonyl (C=O) groups is 1. The van der Waals surface area contributed by atoms with E-state index in [1.807, 2.05) is 0 Å². The van der Waals surface area contributed by atoms with E-state index in [4.69, 9.17) is 10.8 Å². The molecule has 0 saturated heterocycles. The Morgan fingerprint density at radius 3 is 2.60 bits per heavy atom. The van der Waals surface area contributed by atoms with Gasteiger partial charge in [-0.25, -0.2) is 0 Å². The minimum atomic E-state index is -0.751. The molecule has 59 valence electrons. The van der Waals surface area contributed by atoms with Gasteiger partial charge in [-0.2, -0.15) is 0 Å². The van der Waals surface area contributed by atoms with E-state index < -0.39 is 12.1 Å². The molecule has 0 bridgehead atoms.